The van der Waals surface area contributed by atoms with Crippen LogP contribution in [0.1, 0.15) is 0 Å². The van der Waals surface area contributed by atoms with Gasteiger partial charge in [-0.3, -0.25) is 4.68 Å². The molecule has 0 amide bonds. The van der Waals surface area contributed by atoms with E-state index in [0.29, 0.717) is 0 Å². The van der Waals surface area contributed by atoms with Crippen molar-refractivity contribution in [2.75, 3.05) is 19.0 Å². The molecule has 0 bridgehead atoms. The Morgan fingerprint density at radius 3 is 2.44 bits per heavy atom. The average molecular weight is 125 g/mol. The average Bonchev–Trinajstić information content (AvgIpc) is 2.13. The van der Waals surface area contributed by atoms with Crippen LogP contribution in [0, 0.1) is 0 Å². The molecule has 0 fully saturated rings. The summed E-state index contributed by atoms with van der Waals surface area (Å²) >= 11 is 0. The minimum atomic E-state index is 1.12. The van der Waals surface area contributed by atoms with Crippen molar-refractivity contribution in [2.24, 2.45) is 7.05 Å². The first-order valence-electron chi connectivity index (χ1n) is 2.87. The van der Waals surface area contributed by atoms with Crippen molar-refractivity contribution in [3.63, 3.8) is 0 Å². The van der Waals surface area contributed by atoms with Crippen molar-refractivity contribution in [1.82, 2.24) is 9.78 Å². The number of aryl methyl sites for hydroxylation is 1. The van der Waals surface area contributed by atoms with Crippen LogP contribution in [0.15, 0.2) is 12.3 Å². The molecule has 0 aliphatic carbocycles. The maximum Gasteiger partial charge on any atom is 0.125 e. The van der Waals surface area contributed by atoms with E-state index in [2.05, 4.69) is 5.10 Å². The predicted octanol–water partition coefficient (Wildman–Crippen LogP) is 0.486. The monoisotopic (exact) mass is 125 g/mol. The molecule has 9 heavy (non-hydrogen) atoms. The maximum absolute atomic E-state index is 4.01. The van der Waals surface area contributed by atoms with Crippen molar-refractivity contribution in [3.05, 3.63) is 12.3 Å². The number of hydrogen-bond acceptors (Lipinski definition) is 2. The van der Waals surface area contributed by atoms with Crippen LogP contribution in [-0.2, 0) is 7.05 Å². The third-order valence-electron chi connectivity index (χ3n) is 1.25. The molecular weight excluding hydrogens is 114 g/mol. The maximum atomic E-state index is 4.01. The SMILES string of the molecule is CN(C)c1ccnn1C. The van der Waals surface area contributed by atoms with Crippen molar-refractivity contribution in [2.45, 2.75) is 0 Å². The van der Waals surface area contributed by atoms with Crippen LogP contribution in [0.25, 0.3) is 0 Å². The summed E-state index contributed by atoms with van der Waals surface area (Å²) < 4.78 is 1.83. The molecule has 0 unspecified atom stereocenters. The van der Waals surface area contributed by atoms with Gasteiger partial charge >= 0.3 is 0 Å². The molecule has 0 aromatic carbocycles. The van der Waals surface area contributed by atoms with Crippen LogP contribution in [0.2, 0.25) is 0 Å². The second-order valence-corrected chi connectivity index (χ2v) is 2.21. The summed E-state index contributed by atoms with van der Waals surface area (Å²) in [7, 11) is 5.92. The summed E-state index contributed by atoms with van der Waals surface area (Å²) in [5.74, 6) is 1.12. The molecule has 3 heteroatoms. The normalized spacial score (nSPS) is 9.67. The van der Waals surface area contributed by atoms with Crippen LogP contribution < -0.4 is 4.90 Å². The summed E-state index contributed by atoms with van der Waals surface area (Å²) in [5, 5.41) is 4.01. The van der Waals surface area contributed by atoms with Gasteiger partial charge in [-0.2, -0.15) is 5.10 Å². The van der Waals surface area contributed by atoms with Crippen LogP contribution in [0.4, 0.5) is 5.82 Å². The highest BCUT2D eigenvalue weighted by atomic mass is 15.3. The van der Waals surface area contributed by atoms with E-state index in [1.165, 1.54) is 0 Å². The van der Waals surface area contributed by atoms with Gasteiger partial charge in [-0.25, -0.2) is 0 Å². The standard InChI is InChI=1S/C6H11N3/c1-8(2)6-4-5-7-9(6)3/h4-5H,1-3H3. The smallest absolute Gasteiger partial charge is 0.125 e. The molecule has 0 saturated heterocycles. The number of hydrogen-bond donors (Lipinski definition) is 0. The molecule has 1 aromatic heterocycles. The van der Waals surface area contributed by atoms with Gasteiger partial charge in [0.25, 0.3) is 0 Å². The molecule has 0 spiro atoms. The second kappa shape index (κ2) is 2.09. The third-order valence-corrected chi connectivity index (χ3v) is 1.25. The third kappa shape index (κ3) is 1.04. The van der Waals surface area contributed by atoms with E-state index < -0.39 is 0 Å². The fourth-order valence-corrected chi connectivity index (χ4v) is 0.806. The number of aromatic nitrogens is 2. The number of nitrogens with zero attached hydrogens (tertiary/aromatic N) is 3. The lowest BCUT2D eigenvalue weighted by atomic mass is 10.6. The van der Waals surface area contributed by atoms with E-state index in [4.69, 9.17) is 0 Å². The van der Waals surface area contributed by atoms with E-state index in [0.717, 1.165) is 5.82 Å². The van der Waals surface area contributed by atoms with E-state index >= 15 is 0 Å². The molecule has 50 valence electrons. The Kier molecular flexibility index (Phi) is 1.42. The Morgan fingerprint density at radius 1 is 1.56 bits per heavy atom. The van der Waals surface area contributed by atoms with E-state index in [1.807, 2.05) is 36.8 Å². The topological polar surface area (TPSA) is 21.1 Å². The van der Waals surface area contributed by atoms with Gasteiger partial charge in [0.2, 0.25) is 0 Å². The molecule has 0 aliphatic heterocycles. The molecule has 1 rings (SSSR count). The highest BCUT2D eigenvalue weighted by Gasteiger charge is 1.96. The minimum Gasteiger partial charge on any atom is -0.363 e. The lowest BCUT2D eigenvalue weighted by Crippen LogP contribution is -2.12. The van der Waals surface area contributed by atoms with Crippen molar-refractivity contribution < 1.29 is 0 Å². The molecule has 1 aromatic rings. The predicted molar refractivity (Wildman–Crippen MR) is 37.5 cm³/mol. The van der Waals surface area contributed by atoms with Crippen LogP contribution in [0.5, 0.6) is 0 Å². The summed E-state index contributed by atoms with van der Waals surface area (Å²) in [6, 6.07) is 1.97. The van der Waals surface area contributed by atoms with Crippen molar-refractivity contribution in [1.29, 1.82) is 0 Å². The number of rotatable bonds is 1. The quantitative estimate of drug-likeness (QED) is 0.544. The lowest BCUT2D eigenvalue weighted by Gasteiger charge is -2.10. The Labute approximate surface area is 54.9 Å². The van der Waals surface area contributed by atoms with Gasteiger partial charge in [0.05, 0.1) is 6.20 Å². The van der Waals surface area contributed by atoms with Crippen LogP contribution in [-0.4, -0.2) is 23.9 Å². The van der Waals surface area contributed by atoms with E-state index in [-0.39, 0.29) is 0 Å². The first-order chi connectivity index (χ1) is 4.22. The van der Waals surface area contributed by atoms with Gasteiger partial charge in [0.1, 0.15) is 5.82 Å². The van der Waals surface area contributed by atoms with E-state index in [9.17, 15) is 0 Å². The first-order valence-corrected chi connectivity index (χ1v) is 2.87. The van der Waals surface area contributed by atoms with Gasteiger partial charge in [0, 0.05) is 27.2 Å². The lowest BCUT2D eigenvalue weighted by molar-refractivity contribution is 0.754. The van der Waals surface area contributed by atoms with Crippen LogP contribution >= 0.6 is 0 Å². The Morgan fingerprint density at radius 2 is 2.22 bits per heavy atom. The fraction of sp³-hybridized carbons (Fsp3) is 0.500. The highest BCUT2D eigenvalue weighted by molar-refractivity contribution is 5.35. The summed E-state index contributed by atoms with van der Waals surface area (Å²) in [6.45, 7) is 0. The van der Waals surface area contributed by atoms with Crippen molar-refractivity contribution >= 4 is 5.82 Å². The first kappa shape index (κ1) is 6.13. The molecule has 0 atom stereocenters. The molecular formula is C6H11N3. The second-order valence-electron chi connectivity index (χ2n) is 2.21. The van der Waals surface area contributed by atoms with Gasteiger partial charge in [-0.05, 0) is 0 Å². The zero-order valence-corrected chi connectivity index (χ0v) is 6.00. The Hall–Kier alpha value is -0.990. The number of anilines is 1. The largest absolute Gasteiger partial charge is 0.363 e. The molecule has 3 nitrogen and oxygen atoms in total. The van der Waals surface area contributed by atoms with Gasteiger partial charge < -0.3 is 4.90 Å². The van der Waals surface area contributed by atoms with Gasteiger partial charge in [-0.1, -0.05) is 0 Å². The Bertz CT molecular complexity index is 190. The molecule has 0 radical (unpaired) electrons. The minimum absolute atomic E-state index is 1.12. The van der Waals surface area contributed by atoms with Gasteiger partial charge in [-0.15, -0.1) is 0 Å². The molecule has 0 N–H and O–H groups in total. The zero-order valence-electron chi connectivity index (χ0n) is 6.00. The Balaban J connectivity index is 2.94. The van der Waals surface area contributed by atoms with E-state index in [1.54, 1.807) is 6.20 Å². The van der Waals surface area contributed by atoms with Gasteiger partial charge in [0.15, 0.2) is 0 Å². The summed E-state index contributed by atoms with van der Waals surface area (Å²) in [5.41, 5.74) is 0. The molecule has 0 aliphatic rings. The van der Waals surface area contributed by atoms with Crippen LogP contribution in [0.3, 0.4) is 0 Å². The summed E-state index contributed by atoms with van der Waals surface area (Å²) in [4.78, 5) is 2.02. The fourth-order valence-electron chi connectivity index (χ4n) is 0.806. The van der Waals surface area contributed by atoms with Crippen molar-refractivity contribution in [3.8, 4) is 0 Å². The molecule has 1 heterocycles. The highest BCUT2D eigenvalue weighted by Crippen LogP contribution is 2.05. The zero-order chi connectivity index (χ0) is 6.85. The summed E-state index contributed by atoms with van der Waals surface area (Å²) in [6.07, 6.45) is 1.79. The molecule has 0 saturated carbocycles.